The summed E-state index contributed by atoms with van der Waals surface area (Å²) in [7, 11) is 0. The fourth-order valence-corrected chi connectivity index (χ4v) is 2.17. The summed E-state index contributed by atoms with van der Waals surface area (Å²) in [6.07, 6.45) is 0.388. The van der Waals surface area contributed by atoms with Crippen molar-refractivity contribution in [2.45, 2.75) is 52.2 Å². The van der Waals surface area contributed by atoms with Crippen LogP contribution in [0.25, 0.3) is 0 Å². The van der Waals surface area contributed by atoms with Crippen molar-refractivity contribution in [3.05, 3.63) is 0 Å². The van der Waals surface area contributed by atoms with Crippen molar-refractivity contribution in [2.24, 2.45) is 5.92 Å². The van der Waals surface area contributed by atoms with Crippen molar-refractivity contribution < 1.29 is 14.3 Å². The van der Waals surface area contributed by atoms with Gasteiger partial charge < -0.3 is 4.74 Å². The number of ketones is 2. The molecule has 0 aromatic heterocycles. The van der Waals surface area contributed by atoms with Crippen molar-refractivity contribution in [1.82, 2.24) is 0 Å². The Bertz CT molecular complexity index is 276. The van der Waals surface area contributed by atoms with Crippen LogP contribution in [0.3, 0.4) is 0 Å². The molecule has 0 amide bonds. The second-order valence-corrected chi connectivity index (χ2v) is 4.83. The Morgan fingerprint density at radius 1 is 1.36 bits per heavy atom. The number of hydrogen-bond acceptors (Lipinski definition) is 3. The van der Waals surface area contributed by atoms with Crippen LogP contribution in [0.15, 0.2) is 0 Å². The van der Waals surface area contributed by atoms with Crippen molar-refractivity contribution in [2.75, 3.05) is 0 Å². The molecule has 1 rings (SSSR count). The SMILES string of the molecule is CCC(=O)C1C(=O)C(C)(C)OC1(C)C. The third-order valence-corrected chi connectivity index (χ3v) is 2.74. The van der Waals surface area contributed by atoms with E-state index in [1.165, 1.54) is 0 Å². The molecule has 1 heterocycles. The molecule has 0 spiro atoms. The summed E-state index contributed by atoms with van der Waals surface area (Å²) in [4.78, 5) is 23.5. The van der Waals surface area contributed by atoms with Crippen LogP contribution in [0.2, 0.25) is 0 Å². The van der Waals surface area contributed by atoms with Gasteiger partial charge in [-0.15, -0.1) is 0 Å². The van der Waals surface area contributed by atoms with Gasteiger partial charge in [-0.3, -0.25) is 9.59 Å². The van der Waals surface area contributed by atoms with Crippen LogP contribution in [-0.4, -0.2) is 22.8 Å². The number of ether oxygens (including phenoxy) is 1. The summed E-state index contributed by atoms with van der Waals surface area (Å²) < 4.78 is 5.61. The van der Waals surface area contributed by atoms with Gasteiger partial charge in [-0.2, -0.15) is 0 Å². The van der Waals surface area contributed by atoms with Crippen molar-refractivity contribution in [3.8, 4) is 0 Å². The van der Waals surface area contributed by atoms with E-state index in [4.69, 9.17) is 4.74 Å². The van der Waals surface area contributed by atoms with E-state index in [1.807, 2.05) is 0 Å². The van der Waals surface area contributed by atoms with E-state index in [0.717, 1.165) is 0 Å². The maximum absolute atomic E-state index is 11.9. The van der Waals surface area contributed by atoms with Gasteiger partial charge in [0.25, 0.3) is 0 Å². The molecular weight excluding hydrogens is 180 g/mol. The smallest absolute Gasteiger partial charge is 0.177 e. The number of rotatable bonds is 2. The number of carbonyl (C=O) groups is 2. The molecule has 0 aliphatic carbocycles. The minimum absolute atomic E-state index is 0.0226. The highest BCUT2D eigenvalue weighted by Gasteiger charge is 2.55. The standard InChI is InChI=1S/C11H18O3/c1-6-7(12)8-9(13)11(4,5)14-10(8,2)3/h8H,6H2,1-5H3. The van der Waals surface area contributed by atoms with Gasteiger partial charge in [-0.25, -0.2) is 0 Å². The fraction of sp³-hybridized carbons (Fsp3) is 0.818. The summed E-state index contributed by atoms with van der Waals surface area (Å²) in [6, 6.07) is 0. The van der Waals surface area contributed by atoms with Crippen LogP contribution in [-0.2, 0) is 14.3 Å². The van der Waals surface area contributed by atoms with Crippen molar-refractivity contribution in [3.63, 3.8) is 0 Å². The molecule has 1 fully saturated rings. The average molecular weight is 198 g/mol. The van der Waals surface area contributed by atoms with E-state index in [9.17, 15) is 9.59 Å². The van der Waals surface area contributed by atoms with E-state index in [1.54, 1.807) is 34.6 Å². The van der Waals surface area contributed by atoms with E-state index in [0.29, 0.717) is 6.42 Å². The molecule has 0 saturated carbocycles. The molecule has 14 heavy (non-hydrogen) atoms. The van der Waals surface area contributed by atoms with Gasteiger partial charge in [0.2, 0.25) is 0 Å². The van der Waals surface area contributed by atoms with E-state index in [-0.39, 0.29) is 11.6 Å². The lowest BCUT2D eigenvalue weighted by atomic mass is 9.82. The topological polar surface area (TPSA) is 43.4 Å². The second kappa shape index (κ2) is 3.16. The normalized spacial score (nSPS) is 29.2. The molecule has 0 aromatic rings. The Morgan fingerprint density at radius 2 is 1.86 bits per heavy atom. The summed E-state index contributed by atoms with van der Waals surface area (Å²) >= 11 is 0. The first-order chi connectivity index (χ1) is 6.22. The van der Waals surface area contributed by atoms with Gasteiger partial charge >= 0.3 is 0 Å². The first-order valence-electron chi connectivity index (χ1n) is 4.99. The molecule has 1 unspecified atom stereocenters. The summed E-state index contributed by atoms with van der Waals surface area (Å²) in [5.74, 6) is -0.706. The molecule has 0 aromatic carbocycles. The largest absolute Gasteiger partial charge is 0.361 e. The lowest BCUT2D eigenvalue weighted by Gasteiger charge is -2.24. The first-order valence-corrected chi connectivity index (χ1v) is 4.99. The molecule has 3 nitrogen and oxygen atoms in total. The molecule has 1 saturated heterocycles. The fourth-order valence-electron chi connectivity index (χ4n) is 2.17. The third-order valence-electron chi connectivity index (χ3n) is 2.74. The monoisotopic (exact) mass is 198 g/mol. The maximum atomic E-state index is 11.9. The lowest BCUT2D eigenvalue weighted by Crippen LogP contribution is -2.36. The Kier molecular flexibility index (Phi) is 2.57. The zero-order valence-corrected chi connectivity index (χ0v) is 9.51. The Hall–Kier alpha value is -0.700. The molecule has 80 valence electrons. The number of Topliss-reactive ketones (excluding diaryl/α,β-unsaturated/α-hetero) is 2. The van der Waals surface area contributed by atoms with Gasteiger partial charge in [0.1, 0.15) is 17.3 Å². The van der Waals surface area contributed by atoms with Crippen molar-refractivity contribution in [1.29, 1.82) is 0 Å². The summed E-state index contributed by atoms with van der Waals surface area (Å²) in [6.45, 7) is 8.83. The zero-order valence-electron chi connectivity index (χ0n) is 9.51. The molecule has 0 N–H and O–H groups in total. The predicted octanol–water partition coefficient (Wildman–Crippen LogP) is 1.74. The Morgan fingerprint density at radius 3 is 2.14 bits per heavy atom. The highest BCUT2D eigenvalue weighted by molar-refractivity contribution is 6.08. The van der Waals surface area contributed by atoms with E-state index >= 15 is 0 Å². The molecule has 3 heteroatoms. The molecule has 1 atom stereocenters. The van der Waals surface area contributed by atoms with Gasteiger partial charge in [0.05, 0.1) is 5.60 Å². The highest BCUT2D eigenvalue weighted by atomic mass is 16.5. The molecular formula is C11H18O3. The molecule has 1 aliphatic rings. The van der Waals surface area contributed by atoms with Gasteiger partial charge in [-0.1, -0.05) is 6.92 Å². The second-order valence-electron chi connectivity index (χ2n) is 4.83. The van der Waals surface area contributed by atoms with Crippen LogP contribution in [0, 0.1) is 5.92 Å². The number of hydrogen-bond donors (Lipinski definition) is 0. The maximum Gasteiger partial charge on any atom is 0.177 e. The average Bonchev–Trinajstić information content (AvgIpc) is 2.16. The van der Waals surface area contributed by atoms with Gasteiger partial charge in [0.15, 0.2) is 5.78 Å². The van der Waals surface area contributed by atoms with Crippen LogP contribution in [0.4, 0.5) is 0 Å². The Balaban J connectivity index is 3.06. The lowest BCUT2D eigenvalue weighted by molar-refractivity contribution is -0.134. The van der Waals surface area contributed by atoms with Crippen LogP contribution in [0.5, 0.6) is 0 Å². The minimum atomic E-state index is -0.820. The third kappa shape index (κ3) is 1.61. The minimum Gasteiger partial charge on any atom is -0.361 e. The summed E-state index contributed by atoms with van der Waals surface area (Å²) in [5.41, 5.74) is -1.48. The predicted molar refractivity (Wildman–Crippen MR) is 53.0 cm³/mol. The number of carbonyl (C=O) groups excluding carboxylic acids is 2. The quantitative estimate of drug-likeness (QED) is 0.635. The zero-order chi connectivity index (χ0) is 11.1. The van der Waals surface area contributed by atoms with Crippen molar-refractivity contribution >= 4 is 11.6 Å². The van der Waals surface area contributed by atoms with Crippen LogP contribution >= 0.6 is 0 Å². The molecule has 1 aliphatic heterocycles. The van der Waals surface area contributed by atoms with Gasteiger partial charge in [-0.05, 0) is 27.7 Å². The highest BCUT2D eigenvalue weighted by Crippen LogP contribution is 2.39. The first kappa shape index (κ1) is 11.4. The Labute approximate surface area is 84.8 Å². The molecule has 0 radical (unpaired) electrons. The van der Waals surface area contributed by atoms with E-state index in [2.05, 4.69) is 0 Å². The summed E-state index contributed by atoms with van der Waals surface area (Å²) in [5, 5.41) is 0. The van der Waals surface area contributed by atoms with E-state index < -0.39 is 17.1 Å². The molecule has 0 bridgehead atoms. The van der Waals surface area contributed by atoms with Gasteiger partial charge in [0, 0.05) is 6.42 Å². The van der Waals surface area contributed by atoms with Crippen LogP contribution < -0.4 is 0 Å². The van der Waals surface area contributed by atoms with Crippen LogP contribution in [0.1, 0.15) is 41.0 Å².